The Labute approximate surface area is 251 Å². The van der Waals surface area contributed by atoms with E-state index in [1.54, 1.807) is 12.1 Å². The molecule has 3 heterocycles. The molecule has 44 heavy (non-hydrogen) atoms. The van der Waals surface area contributed by atoms with Crippen LogP contribution in [-0.2, 0) is 20.7 Å². The van der Waals surface area contributed by atoms with E-state index in [-0.39, 0.29) is 36.6 Å². The highest BCUT2D eigenvalue weighted by molar-refractivity contribution is 5.96. The van der Waals surface area contributed by atoms with Crippen molar-refractivity contribution in [3.05, 3.63) is 60.1 Å². The van der Waals surface area contributed by atoms with E-state index in [2.05, 4.69) is 20.2 Å². The molecule has 1 aliphatic heterocycles. The van der Waals surface area contributed by atoms with Crippen LogP contribution in [0.3, 0.4) is 0 Å². The molecule has 234 valence electrons. The summed E-state index contributed by atoms with van der Waals surface area (Å²) in [5, 5.41) is 16.8. The minimum absolute atomic E-state index is 0.00931. The maximum Gasteiger partial charge on any atom is 0.223 e. The van der Waals surface area contributed by atoms with E-state index in [1.165, 1.54) is 36.5 Å². The smallest absolute Gasteiger partial charge is 0.223 e. The Bertz CT molecular complexity index is 1580. The SMILES string of the molecule is COc1cc2c(N(c3cc(CC(N)=O)[nH]n3)c3cccc(F)c3F)ncnc2cc1OCCCN(CCO)CC1OCCO1. The number of methoxy groups -OCH3 is 1. The van der Waals surface area contributed by atoms with Crippen LogP contribution >= 0.6 is 0 Å². The number of aliphatic hydroxyl groups excluding tert-OH is 1. The van der Waals surface area contributed by atoms with Crippen LogP contribution in [0.1, 0.15) is 12.1 Å². The van der Waals surface area contributed by atoms with Crippen LogP contribution in [0.25, 0.3) is 10.9 Å². The Hall–Kier alpha value is -4.44. The van der Waals surface area contributed by atoms with Crippen LogP contribution in [0.15, 0.2) is 42.7 Å². The molecule has 0 atom stereocenters. The van der Waals surface area contributed by atoms with E-state index in [0.717, 1.165) is 6.07 Å². The number of aromatic nitrogens is 4. The largest absolute Gasteiger partial charge is 0.493 e. The number of halogens is 2. The van der Waals surface area contributed by atoms with Gasteiger partial charge in [0, 0.05) is 42.8 Å². The summed E-state index contributed by atoms with van der Waals surface area (Å²) in [5.74, 6) is -1.66. The van der Waals surface area contributed by atoms with Gasteiger partial charge in [-0.15, -0.1) is 0 Å². The predicted molar refractivity (Wildman–Crippen MR) is 155 cm³/mol. The van der Waals surface area contributed by atoms with Crippen molar-refractivity contribution < 1.29 is 37.6 Å². The molecule has 1 aliphatic rings. The minimum atomic E-state index is -1.12. The summed E-state index contributed by atoms with van der Waals surface area (Å²) in [4.78, 5) is 23.6. The maximum absolute atomic E-state index is 15.2. The fourth-order valence-corrected chi connectivity index (χ4v) is 4.88. The van der Waals surface area contributed by atoms with Gasteiger partial charge in [0.1, 0.15) is 12.1 Å². The summed E-state index contributed by atoms with van der Waals surface area (Å²) in [6.07, 6.45) is 1.48. The number of nitrogens with one attached hydrogen (secondary N) is 1. The summed E-state index contributed by atoms with van der Waals surface area (Å²) >= 11 is 0. The number of H-pyrrole nitrogens is 1. The number of fused-ring (bicyclic) bond motifs is 1. The number of rotatable bonds is 15. The molecule has 0 unspecified atom stereocenters. The molecule has 0 radical (unpaired) electrons. The number of anilines is 3. The van der Waals surface area contributed by atoms with Gasteiger partial charge in [0.2, 0.25) is 5.91 Å². The van der Waals surface area contributed by atoms with Crippen LogP contribution < -0.4 is 20.1 Å². The molecule has 5 rings (SSSR count). The first-order chi connectivity index (χ1) is 21.4. The first-order valence-electron chi connectivity index (χ1n) is 14.0. The highest BCUT2D eigenvalue weighted by Crippen LogP contribution is 2.41. The molecule has 4 aromatic rings. The number of aliphatic hydroxyl groups is 1. The molecule has 1 fully saturated rings. The van der Waals surface area contributed by atoms with E-state index in [4.69, 9.17) is 24.7 Å². The van der Waals surface area contributed by atoms with Gasteiger partial charge in [-0.05, 0) is 24.6 Å². The van der Waals surface area contributed by atoms with Crippen molar-refractivity contribution in [2.75, 3.05) is 58.1 Å². The molecule has 0 saturated carbocycles. The summed E-state index contributed by atoms with van der Waals surface area (Å²) in [7, 11) is 1.48. The van der Waals surface area contributed by atoms with Gasteiger partial charge >= 0.3 is 0 Å². The number of primary amides is 1. The second-order valence-corrected chi connectivity index (χ2v) is 9.92. The fraction of sp³-hybridized carbons (Fsp3) is 0.379. The molecule has 1 saturated heterocycles. The molecule has 2 aromatic carbocycles. The standard InChI is InChI=1S/C29H33F2N7O6/c1-41-23-14-19-21(15-24(23)42-9-3-6-37(7-8-39)16-27-43-10-11-44-27)33-17-34-29(19)38(22-5-2-4-20(30)28(22)31)26-13-18(35-36-26)12-25(32)40/h2,4-5,13-15,17,27,39H,3,6-12,16H2,1H3,(H2,32,40)(H,35,36). The van der Waals surface area contributed by atoms with E-state index >= 15 is 4.39 Å². The molecule has 0 bridgehead atoms. The number of aromatic amines is 1. The van der Waals surface area contributed by atoms with E-state index < -0.39 is 17.5 Å². The Morgan fingerprint density at radius 1 is 1.16 bits per heavy atom. The van der Waals surface area contributed by atoms with Gasteiger partial charge in [0.15, 0.2) is 35.2 Å². The zero-order valence-corrected chi connectivity index (χ0v) is 24.0. The lowest BCUT2D eigenvalue weighted by Crippen LogP contribution is -2.36. The summed E-state index contributed by atoms with van der Waals surface area (Å²) < 4.78 is 52.3. The Balaban J connectivity index is 1.42. The third-order valence-electron chi connectivity index (χ3n) is 6.89. The number of hydrogen-bond donors (Lipinski definition) is 3. The van der Waals surface area contributed by atoms with E-state index in [1.807, 2.05) is 4.90 Å². The van der Waals surface area contributed by atoms with Crippen molar-refractivity contribution >= 4 is 34.1 Å². The lowest BCUT2D eigenvalue weighted by atomic mass is 10.1. The average Bonchev–Trinajstić information content (AvgIpc) is 3.69. The number of nitrogens with two attached hydrogens (primary N) is 1. The van der Waals surface area contributed by atoms with Crippen molar-refractivity contribution in [3.8, 4) is 11.5 Å². The third kappa shape index (κ3) is 7.19. The number of nitrogens with zero attached hydrogens (tertiary/aromatic N) is 5. The normalized spacial score (nSPS) is 13.6. The summed E-state index contributed by atoms with van der Waals surface area (Å²) in [6.45, 7) is 3.12. The van der Waals surface area contributed by atoms with Crippen LogP contribution in [0.4, 0.5) is 26.1 Å². The summed E-state index contributed by atoms with van der Waals surface area (Å²) in [5.41, 5.74) is 5.98. The van der Waals surface area contributed by atoms with Gasteiger partial charge in [-0.3, -0.25) is 19.7 Å². The van der Waals surface area contributed by atoms with Crippen LogP contribution in [-0.4, -0.2) is 95.5 Å². The second-order valence-electron chi connectivity index (χ2n) is 9.92. The van der Waals surface area contributed by atoms with Crippen molar-refractivity contribution in [3.63, 3.8) is 0 Å². The van der Waals surface area contributed by atoms with E-state index in [0.29, 0.717) is 74.0 Å². The van der Waals surface area contributed by atoms with Crippen molar-refractivity contribution in [2.45, 2.75) is 19.1 Å². The van der Waals surface area contributed by atoms with Gasteiger partial charge in [-0.2, -0.15) is 5.10 Å². The first-order valence-corrected chi connectivity index (χ1v) is 14.0. The predicted octanol–water partition coefficient (Wildman–Crippen LogP) is 2.57. The highest BCUT2D eigenvalue weighted by atomic mass is 19.2. The Kier molecular flexibility index (Phi) is 10.1. The number of carbonyl (C=O) groups excluding carboxylic acids is 1. The molecule has 0 aliphatic carbocycles. The molecular weight excluding hydrogens is 580 g/mol. The van der Waals surface area contributed by atoms with Crippen molar-refractivity contribution in [2.24, 2.45) is 5.73 Å². The molecule has 0 spiro atoms. The number of amides is 1. The molecule has 15 heteroatoms. The highest BCUT2D eigenvalue weighted by Gasteiger charge is 2.25. The Morgan fingerprint density at radius 2 is 1.98 bits per heavy atom. The fourth-order valence-electron chi connectivity index (χ4n) is 4.88. The van der Waals surface area contributed by atoms with Crippen LogP contribution in [0.5, 0.6) is 11.5 Å². The molecule has 13 nitrogen and oxygen atoms in total. The van der Waals surface area contributed by atoms with Crippen molar-refractivity contribution in [1.29, 1.82) is 0 Å². The van der Waals surface area contributed by atoms with Gasteiger partial charge in [-0.1, -0.05) is 6.07 Å². The lowest BCUT2D eigenvalue weighted by molar-refractivity contribution is -0.117. The maximum atomic E-state index is 15.2. The van der Waals surface area contributed by atoms with Gasteiger partial charge < -0.3 is 29.8 Å². The van der Waals surface area contributed by atoms with Crippen molar-refractivity contribution in [1.82, 2.24) is 25.1 Å². The van der Waals surface area contributed by atoms with Gasteiger partial charge in [0.25, 0.3) is 0 Å². The molecular formula is C29H33F2N7O6. The average molecular weight is 614 g/mol. The summed E-state index contributed by atoms with van der Waals surface area (Å²) in [6, 6.07) is 8.58. The lowest BCUT2D eigenvalue weighted by Gasteiger charge is -2.24. The number of ether oxygens (including phenoxy) is 4. The number of hydrogen-bond acceptors (Lipinski definition) is 11. The number of carbonyl (C=O) groups is 1. The minimum Gasteiger partial charge on any atom is -0.493 e. The van der Waals surface area contributed by atoms with Crippen LogP contribution in [0, 0.1) is 11.6 Å². The first kappa shape index (κ1) is 31.0. The van der Waals surface area contributed by atoms with Gasteiger partial charge in [0.05, 0.1) is 51.2 Å². The quantitative estimate of drug-likeness (QED) is 0.169. The monoisotopic (exact) mass is 613 g/mol. The second kappa shape index (κ2) is 14.4. The zero-order valence-electron chi connectivity index (χ0n) is 24.0. The van der Waals surface area contributed by atoms with Crippen LogP contribution in [0.2, 0.25) is 0 Å². The van der Waals surface area contributed by atoms with Gasteiger partial charge in [-0.25, -0.2) is 18.7 Å². The van der Waals surface area contributed by atoms with E-state index in [9.17, 15) is 14.3 Å². The third-order valence-corrected chi connectivity index (χ3v) is 6.89. The Morgan fingerprint density at radius 3 is 2.73 bits per heavy atom. The molecule has 4 N–H and O–H groups in total. The molecule has 1 amide bonds. The zero-order chi connectivity index (χ0) is 31.1. The number of benzene rings is 2. The molecule has 2 aromatic heterocycles. The topological polar surface area (TPSA) is 161 Å².